The summed E-state index contributed by atoms with van der Waals surface area (Å²) < 4.78 is 11.6. The lowest BCUT2D eigenvalue weighted by atomic mass is 9.95. The topological polar surface area (TPSA) is 76.7 Å². The fraction of sp³-hybridized carbons (Fsp3) is 0.412. The number of esters is 1. The fourth-order valence-corrected chi connectivity index (χ4v) is 3.41. The molecule has 0 aliphatic carbocycles. The van der Waals surface area contributed by atoms with Crippen molar-refractivity contribution in [2.45, 2.75) is 19.9 Å². The molecule has 1 atom stereocenters. The Bertz CT molecular complexity index is 693. The molecule has 1 unspecified atom stereocenters. The number of thioether (sulfide) groups is 1. The molecule has 0 saturated carbocycles. The predicted octanol–water partition coefficient (Wildman–Crippen LogP) is 3.38. The summed E-state index contributed by atoms with van der Waals surface area (Å²) in [5, 5.41) is 5.42. The van der Waals surface area contributed by atoms with E-state index < -0.39 is 12.0 Å². The molecule has 25 heavy (non-hydrogen) atoms. The molecule has 6 nitrogen and oxygen atoms in total. The van der Waals surface area contributed by atoms with Crippen molar-refractivity contribution in [1.82, 2.24) is 10.6 Å². The summed E-state index contributed by atoms with van der Waals surface area (Å²) in [6.45, 7) is 4.06. The first-order valence-corrected chi connectivity index (χ1v) is 9.79. The predicted molar refractivity (Wildman–Crippen MR) is 102 cm³/mol. The zero-order valence-electron chi connectivity index (χ0n) is 14.3. The van der Waals surface area contributed by atoms with Gasteiger partial charge in [-0.1, -0.05) is 22.9 Å². The van der Waals surface area contributed by atoms with Crippen LogP contribution in [0.5, 0.6) is 5.75 Å². The van der Waals surface area contributed by atoms with Gasteiger partial charge in [-0.3, -0.25) is 0 Å². The zero-order chi connectivity index (χ0) is 18.4. The number of rotatable bonds is 7. The highest BCUT2D eigenvalue weighted by atomic mass is 79.9. The molecule has 136 valence electrons. The SMILES string of the molecule is CCSCCOC(=O)C1=C(C)NC(=O)NC1c1cc(Br)ccc1OC. The lowest BCUT2D eigenvalue weighted by molar-refractivity contribution is -0.138. The standard InChI is InChI=1S/C17H21BrN2O4S/c1-4-25-8-7-24-16(21)14-10(2)19-17(22)20-15(14)12-9-11(18)5-6-13(12)23-3/h5-6,9,15H,4,7-8H2,1-3H3,(H2,19,20,22). The molecule has 0 bridgehead atoms. The van der Waals surface area contributed by atoms with Gasteiger partial charge in [0, 0.05) is 21.5 Å². The molecule has 1 heterocycles. The summed E-state index contributed by atoms with van der Waals surface area (Å²) >= 11 is 5.12. The van der Waals surface area contributed by atoms with Gasteiger partial charge < -0.3 is 20.1 Å². The van der Waals surface area contributed by atoms with Gasteiger partial charge in [-0.25, -0.2) is 9.59 Å². The summed E-state index contributed by atoms with van der Waals surface area (Å²) in [6, 6.07) is 4.42. The van der Waals surface area contributed by atoms with Crippen molar-refractivity contribution in [2.75, 3.05) is 25.2 Å². The van der Waals surface area contributed by atoms with Crippen LogP contribution in [0.3, 0.4) is 0 Å². The van der Waals surface area contributed by atoms with Gasteiger partial charge in [-0.2, -0.15) is 11.8 Å². The first-order valence-electron chi connectivity index (χ1n) is 7.84. The van der Waals surface area contributed by atoms with E-state index >= 15 is 0 Å². The summed E-state index contributed by atoms with van der Waals surface area (Å²) in [5.41, 5.74) is 1.53. The van der Waals surface area contributed by atoms with Crippen LogP contribution >= 0.6 is 27.7 Å². The van der Waals surface area contributed by atoms with Crippen LogP contribution in [0, 0.1) is 0 Å². The Morgan fingerprint density at radius 2 is 2.16 bits per heavy atom. The smallest absolute Gasteiger partial charge is 0.338 e. The van der Waals surface area contributed by atoms with E-state index in [1.807, 2.05) is 12.1 Å². The van der Waals surface area contributed by atoms with Gasteiger partial charge in [0.15, 0.2) is 0 Å². The first kappa shape index (κ1) is 19.7. The number of ether oxygens (including phenoxy) is 2. The molecule has 0 saturated heterocycles. The number of allylic oxidation sites excluding steroid dienone is 1. The van der Waals surface area contributed by atoms with E-state index in [4.69, 9.17) is 9.47 Å². The van der Waals surface area contributed by atoms with Gasteiger partial charge in [0.2, 0.25) is 0 Å². The van der Waals surface area contributed by atoms with Gasteiger partial charge in [0.05, 0.1) is 18.7 Å². The van der Waals surface area contributed by atoms with Crippen molar-refractivity contribution in [3.05, 3.63) is 39.5 Å². The van der Waals surface area contributed by atoms with Crippen molar-refractivity contribution in [2.24, 2.45) is 0 Å². The van der Waals surface area contributed by atoms with E-state index in [9.17, 15) is 9.59 Å². The van der Waals surface area contributed by atoms with Gasteiger partial charge in [0.25, 0.3) is 0 Å². The van der Waals surface area contributed by atoms with E-state index in [0.29, 0.717) is 29.2 Å². The average Bonchev–Trinajstić information content (AvgIpc) is 2.57. The molecular weight excluding hydrogens is 408 g/mol. The first-order chi connectivity index (χ1) is 12.0. The van der Waals surface area contributed by atoms with E-state index in [2.05, 4.69) is 33.5 Å². The van der Waals surface area contributed by atoms with E-state index in [-0.39, 0.29) is 6.03 Å². The number of urea groups is 1. The van der Waals surface area contributed by atoms with Crippen LogP contribution in [0.1, 0.15) is 25.5 Å². The highest BCUT2D eigenvalue weighted by Crippen LogP contribution is 2.35. The minimum absolute atomic E-state index is 0.324. The molecule has 0 aromatic heterocycles. The summed E-state index contributed by atoms with van der Waals surface area (Å²) in [4.78, 5) is 24.6. The Labute approximate surface area is 159 Å². The minimum Gasteiger partial charge on any atom is -0.496 e. The summed E-state index contributed by atoms with van der Waals surface area (Å²) in [6.07, 6.45) is 0. The van der Waals surface area contributed by atoms with Crippen molar-refractivity contribution in [1.29, 1.82) is 0 Å². The number of hydrogen-bond acceptors (Lipinski definition) is 5. The zero-order valence-corrected chi connectivity index (χ0v) is 16.8. The summed E-state index contributed by atoms with van der Waals surface area (Å²) in [5.74, 6) is 1.83. The fourth-order valence-electron chi connectivity index (χ4n) is 2.54. The maximum absolute atomic E-state index is 12.6. The molecule has 0 radical (unpaired) electrons. The average molecular weight is 429 g/mol. The highest BCUT2D eigenvalue weighted by Gasteiger charge is 2.34. The van der Waals surface area contributed by atoms with Gasteiger partial charge in [0.1, 0.15) is 12.4 Å². The van der Waals surface area contributed by atoms with Gasteiger partial charge in [-0.15, -0.1) is 0 Å². The second kappa shape index (κ2) is 9.15. The van der Waals surface area contributed by atoms with Gasteiger partial charge in [-0.05, 0) is 30.9 Å². The molecule has 2 amide bonds. The molecule has 0 fully saturated rings. The normalized spacial score (nSPS) is 17.0. The van der Waals surface area contributed by atoms with Crippen molar-refractivity contribution < 1.29 is 19.1 Å². The van der Waals surface area contributed by atoms with Crippen LogP contribution in [0.2, 0.25) is 0 Å². The van der Waals surface area contributed by atoms with E-state index in [1.165, 1.54) is 0 Å². The van der Waals surface area contributed by atoms with Crippen LogP contribution in [0.15, 0.2) is 33.9 Å². The van der Waals surface area contributed by atoms with Crippen LogP contribution in [0.4, 0.5) is 4.79 Å². The quantitative estimate of drug-likeness (QED) is 0.514. The Hall–Kier alpha value is -1.67. The molecular formula is C17H21BrN2O4S. The van der Waals surface area contributed by atoms with Crippen molar-refractivity contribution in [3.63, 3.8) is 0 Å². The number of methoxy groups -OCH3 is 1. The monoisotopic (exact) mass is 428 g/mol. The van der Waals surface area contributed by atoms with Crippen LogP contribution in [-0.4, -0.2) is 37.2 Å². The number of hydrogen-bond donors (Lipinski definition) is 2. The molecule has 2 N–H and O–H groups in total. The number of carbonyl (C=O) groups is 2. The molecule has 0 spiro atoms. The number of benzene rings is 1. The van der Waals surface area contributed by atoms with Crippen LogP contribution in [0.25, 0.3) is 0 Å². The molecule has 1 aromatic rings. The third-order valence-electron chi connectivity index (χ3n) is 3.66. The molecule has 1 aromatic carbocycles. The molecule has 1 aliphatic heterocycles. The number of halogens is 1. The third kappa shape index (κ3) is 4.92. The molecule has 1 aliphatic rings. The van der Waals surface area contributed by atoms with Crippen molar-refractivity contribution in [3.8, 4) is 5.75 Å². The lowest BCUT2D eigenvalue weighted by Gasteiger charge is -2.29. The Kier molecular flexibility index (Phi) is 7.19. The molecule has 2 rings (SSSR count). The Morgan fingerprint density at radius 1 is 1.40 bits per heavy atom. The summed E-state index contributed by atoms with van der Waals surface area (Å²) in [7, 11) is 1.55. The van der Waals surface area contributed by atoms with E-state index in [0.717, 1.165) is 16.0 Å². The highest BCUT2D eigenvalue weighted by molar-refractivity contribution is 9.10. The number of carbonyl (C=O) groups excluding carboxylic acids is 2. The Morgan fingerprint density at radius 3 is 2.84 bits per heavy atom. The molecule has 8 heteroatoms. The van der Waals surface area contributed by atoms with E-state index in [1.54, 1.807) is 31.9 Å². The Balaban J connectivity index is 2.34. The second-order valence-corrected chi connectivity index (χ2v) is 7.60. The number of amides is 2. The third-order valence-corrected chi connectivity index (χ3v) is 5.01. The van der Waals surface area contributed by atoms with Gasteiger partial charge >= 0.3 is 12.0 Å². The minimum atomic E-state index is -0.646. The lowest BCUT2D eigenvalue weighted by Crippen LogP contribution is -2.45. The van der Waals surface area contributed by atoms with Crippen LogP contribution in [-0.2, 0) is 9.53 Å². The maximum atomic E-state index is 12.6. The van der Waals surface area contributed by atoms with Crippen LogP contribution < -0.4 is 15.4 Å². The van der Waals surface area contributed by atoms with Crippen molar-refractivity contribution >= 4 is 39.7 Å². The maximum Gasteiger partial charge on any atom is 0.338 e. The second-order valence-electron chi connectivity index (χ2n) is 5.29. The largest absolute Gasteiger partial charge is 0.496 e. The number of nitrogens with one attached hydrogen (secondary N) is 2.